The van der Waals surface area contributed by atoms with Gasteiger partial charge in [0.15, 0.2) is 4.34 Å². The lowest BCUT2D eigenvalue weighted by Gasteiger charge is -2.56. The molecular formula is C19H21ClN2S2. The second kappa shape index (κ2) is 6.47. The number of benzene rings is 1. The molecule has 3 aliphatic rings. The lowest BCUT2D eigenvalue weighted by molar-refractivity contribution is -0.00767. The Morgan fingerprint density at radius 1 is 1.25 bits per heavy atom. The van der Waals surface area contributed by atoms with Crippen LogP contribution in [0.4, 0.5) is 0 Å². The lowest BCUT2D eigenvalue weighted by atomic mass is 9.48. The number of rotatable bonds is 5. The molecule has 0 aliphatic heterocycles. The Hall–Kier alpha value is -0.840. The van der Waals surface area contributed by atoms with Crippen molar-refractivity contribution in [1.29, 1.82) is 0 Å². The van der Waals surface area contributed by atoms with Crippen molar-refractivity contribution in [2.75, 3.05) is 5.75 Å². The van der Waals surface area contributed by atoms with Crippen LogP contribution in [0.25, 0.3) is 10.6 Å². The van der Waals surface area contributed by atoms with Gasteiger partial charge in [-0.25, -0.2) is 0 Å². The van der Waals surface area contributed by atoms with Gasteiger partial charge < -0.3 is 0 Å². The molecule has 3 aliphatic carbocycles. The van der Waals surface area contributed by atoms with Crippen LogP contribution in [0, 0.1) is 17.3 Å². The number of fused-ring (bicyclic) bond motifs is 1. The van der Waals surface area contributed by atoms with Gasteiger partial charge in [-0.3, -0.25) is 0 Å². The Kier molecular flexibility index (Phi) is 4.48. The highest BCUT2D eigenvalue weighted by atomic mass is 35.5. The smallest absolute Gasteiger partial charge is 0.137 e. The zero-order chi connectivity index (χ0) is 16.7. The van der Waals surface area contributed by atoms with E-state index in [2.05, 4.69) is 30.1 Å². The summed E-state index contributed by atoms with van der Waals surface area (Å²) in [7, 11) is 0. The zero-order valence-electron chi connectivity index (χ0n) is 14.0. The fourth-order valence-corrected chi connectivity index (χ4v) is 6.03. The molecule has 1 heterocycles. The molecule has 1 saturated carbocycles. The van der Waals surface area contributed by atoms with Gasteiger partial charge in [-0.1, -0.05) is 72.3 Å². The molecule has 5 rings (SSSR count). The van der Waals surface area contributed by atoms with Crippen molar-refractivity contribution >= 4 is 34.7 Å². The molecule has 5 heteroatoms. The summed E-state index contributed by atoms with van der Waals surface area (Å²) in [5, 5.41) is 10.4. The fraction of sp³-hybridized carbons (Fsp3) is 0.474. The van der Waals surface area contributed by atoms with Crippen LogP contribution in [0.5, 0.6) is 0 Å². The second-order valence-corrected chi connectivity index (χ2v) is 10.1. The highest BCUT2D eigenvalue weighted by Crippen LogP contribution is 2.59. The third-order valence-corrected chi connectivity index (χ3v) is 8.06. The molecule has 0 radical (unpaired) electrons. The molecule has 0 spiro atoms. The van der Waals surface area contributed by atoms with Crippen LogP contribution in [0.2, 0.25) is 5.02 Å². The Balaban J connectivity index is 1.34. The lowest BCUT2D eigenvalue weighted by Crippen LogP contribution is -2.48. The first-order chi connectivity index (χ1) is 11.5. The highest BCUT2D eigenvalue weighted by molar-refractivity contribution is 8.01. The van der Waals surface area contributed by atoms with Crippen molar-refractivity contribution in [2.45, 2.75) is 37.4 Å². The van der Waals surface area contributed by atoms with E-state index in [1.807, 2.05) is 36.0 Å². The zero-order valence-corrected chi connectivity index (χ0v) is 16.3. The van der Waals surface area contributed by atoms with Gasteiger partial charge in [0.1, 0.15) is 5.01 Å². The number of hydrogen-bond donors (Lipinski definition) is 0. The first-order valence-electron chi connectivity index (χ1n) is 8.45. The van der Waals surface area contributed by atoms with E-state index in [0.29, 0.717) is 5.41 Å². The number of halogens is 1. The predicted octanol–water partition coefficient (Wildman–Crippen LogP) is 6.33. The maximum Gasteiger partial charge on any atom is 0.174 e. The monoisotopic (exact) mass is 376 g/mol. The molecule has 126 valence electrons. The van der Waals surface area contributed by atoms with Crippen LogP contribution in [0.1, 0.15) is 33.1 Å². The van der Waals surface area contributed by atoms with Crippen LogP contribution in [0.15, 0.2) is 40.3 Å². The minimum atomic E-state index is 0.527. The van der Waals surface area contributed by atoms with Gasteiger partial charge in [0, 0.05) is 16.3 Å². The highest BCUT2D eigenvalue weighted by Gasteiger charge is 2.50. The quantitative estimate of drug-likeness (QED) is 0.450. The molecule has 0 N–H and O–H groups in total. The van der Waals surface area contributed by atoms with Crippen molar-refractivity contribution < 1.29 is 0 Å². The minimum Gasteiger partial charge on any atom is -0.137 e. The van der Waals surface area contributed by atoms with E-state index in [4.69, 9.17) is 11.6 Å². The predicted molar refractivity (Wildman–Crippen MR) is 104 cm³/mol. The number of aromatic nitrogens is 2. The summed E-state index contributed by atoms with van der Waals surface area (Å²) in [6.45, 7) is 4.88. The van der Waals surface area contributed by atoms with Crippen LogP contribution >= 0.6 is 34.7 Å². The molecule has 1 aromatic carbocycles. The van der Waals surface area contributed by atoms with Crippen molar-refractivity contribution in [3.63, 3.8) is 0 Å². The second-order valence-electron chi connectivity index (χ2n) is 7.30. The molecule has 2 aromatic rings. The van der Waals surface area contributed by atoms with Gasteiger partial charge in [-0.15, -0.1) is 10.2 Å². The van der Waals surface area contributed by atoms with E-state index in [9.17, 15) is 0 Å². The molecule has 24 heavy (non-hydrogen) atoms. The van der Waals surface area contributed by atoms with Gasteiger partial charge in [0.25, 0.3) is 0 Å². The van der Waals surface area contributed by atoms with Gasteiger partial charge in [-0.05, 0) is 48.6 Å². The van der Waals surface area contributed by atoms with E-state index in [-0.39, 0.29) is 0 Å². The normalized spacial score (nSPS) is 24.4. The molecule has 1 fully saturated rings. The number of nitrogens with zero attached hydrogens (tertiary/aromatic N) is 2. The maximum absolute atomic E-state index is 5.94. The van der Waals surface area contributed by atoms with Gasteiger partial charge in [-0.2, -0.15) is 0 Å². The summed E-state index contributed by atoms with van der Waals surface area (Å²) in [5.41, 5.74) is 3.29. The van der Waals surface area contributed by atoms with E-state index in [1.54, 1.807) is 16.9 Å². The van der Waals surface area contributed by atoms with Crippen LogP contribution in [-0.4, -0.2) is 16.0 Å². The van der Waals surface area contributed by atoms with Gasteiger partial charge >= 0.3 is 0 Å². The average molecular weight is 377 g/mol. The van der Waals surface area contributed by atoms with Crippen molar-refractivity contribution in [3.05, 3.63) is 40.9 Å². The standard InChI is InChI=1S/C19H21ClN2S2/c1-19(2)14-6-3-12(16(19)11-14)9-10-23-18-22-21-17(24-18)13-4-7-15(20)8-5-13/h3-5,7-8,14,16H,6,9-11H2,1-2H3. The van der Waals surface area contributed by atoms with Crippen LogP contribution < -0.4 is 0 Å². The summed E-state index contributed by atoms with van der Waals surface area (Å²) in [5.74, 6) is 2.83. The van der Waals surface area contributed by atoms with Gasteiger partial charge in [0.2, 0.25) is 0 Å². The summed E-state index contributed by atoms with van der Waals surface area (Å²) in [4.78, 5) is 0. The van der Waals surface area contributed by atoms with E-state index in [1.165, 1.54) is 19.3 Å². The number of thioether (sulfide) groups is 1. The van der Waals surface area contributed by atoms with E-state index in [0.717, 1.165) is 37.5 Å². The molecule has 2 atom stereocenters. The van der Waals surface area contributed by atoms with Crippen LogP contribution in [0.3, 0.4) is 0 Å². The third kappa shape index (κ3) is 3.04. The SMILES string of the molecule is CC1(C)C2CC=C(CCSc3nnc(-c4ccc(Cl)cc4)s3)C1C2. The fourth-order valence-electron chi connectivity index (χ4n) is 3.99. The van der Waals surface area contributed by atoms with Crippen LogP contribution in [-0.2, 0) is 0 Å². The van der Waals surface area contributed by atoms with Gasteiger partial charge in [0.05, 0.1) is 0 Å². The van der Waals surface area contributed by atoms with Crippen molar-refractivity contribution in [1.82, 2.24) is 10.2 Å². The molecule has 1 aromatic heterocycles. The number of hydrogen-bond acceptors (Lipinski definition) is 4. The summed E-state index contributed by atoms with van der Waals surface area (Å²) in [6, 6.07) is 7.79. The molecule has 0 amide bonds. The largest absolute Gasteiger partial charge is 0.174 e. The molecule has 2 bridgehead atoms. The van der Waals surface area contributed by atoms with E-state index < -0.39 is 0 Å². The van der Waals surface area contributed by atoms with Crippen molar-refractivity contribution in [2.24, 2.45) is 17.3 Å². The first kappa shape index (κ1) is 16.6. The molecule has 2 nitrogen and oxygen atoms in total. The first-order valence-corrected chi connectivity index (χ1v) is 10.6. The van der Waals surface area contributed by atoms with E-state index >= 15 is 0 Å². The Labute approximate surface area is 156 Å². The third-order valence-electron chi connectivity index (χ3n) is 5.70. The Morgan fingerprint density at radius 2 is 2.04 bits per heavy atom. The summed E-state index contributed by atoms with van der Waals surface area (Å²) in [6.07, 6.45) is 6.37. The van der Waals surface area contributed by atoms with Crippen molar-refractivity contribution in [3.8, 4) is 10.6 Å². The minimum absolute atomic E-state index is 0.527. The number of allylic oxidation sites excluding steroid dienone is 2. The Morgan fingerprint density at radius 3 is 2.75 bits per heavy atom. The maximum atomic E-state index is 5.94. The molecule has 0 saturated heterocycles. The molecule has 2 unspecified atom stereocenters. The summed E-state index contributed by atoms with van der Waals surface area (Å²) >= 11 is 9.44. The summed E-state index contributed by atoms with van der Waals surface area (Å²) < 4.78 is 1.06. The average Bonchev–Trinajstić information content (AvgIpc) is 3.04. The topological polar surface area (TPSA) is 25.8 Å². The Bertz CT molecular complexity index is 764. The molecular weight excluding hydrogens is 356 g/mol.